The van der Waals surface area contributed by atoms with Crippen molar-refractivity contribution in [3.63, 3.8) is 0 Å². The van der Waals surface area contributed by atoms with E-state index in [1.807, 2.05) is 24.3 Å². The summed E-state index contributed by atoms with van der Waals surface area (Å²) in [6.07, 6.45) is 4.84. The monoisotopic (exact) mass is 308 g/mol. The van der Waals surface area contributed by atoms with Crippen LogP contribution in [0.1, 0.15) is 37.4 Å². The van der Waals surface area contributed by atoms with Gasteiger partial charge in [0.1, 0.15) is 0 Å². The van der Waals surface area contributed by atoms with E-state index in [1.54, 1.807) is 0 Å². The number of piperidine rings is 1. The van der Waals surface area contributed by atoms with E-state index in [4.69, 9.17) is 11.6 Å². The first-order chi connectivity index (χ1) is 10.2. The summed E-state index contributed by atoms with van der Waals surface area (Å²) in [5, 5.41) is 11.1. The quantitative estimate of drug-likeness (QED) is 0.926. The van der Waals surface area contributed by atoms with Gasteiger partial charge in [0.05, 0.1) is 6.10 Å². The maximum atomic E-state index is 10.4. The van der Waals surface area contributed by atoms with E-state index in [2.05, 4.69) is 9.80 Å². The zero-order valence-corrected chi connectivity index (χ0v) is 13.3. The van der Waals surface area contributed by atoms with E-state index < -0.39 is 6.10 Å². The van der Waals surface area contributed by atoms with Crippen LogP contribution in [0.3, 0.4) is 0 Å². The van der Waals surface area contributed by atoms with Crippen LogP contribution in [0.2, 0.25) is 5.02 Å². The van der Waals surface area contributed by atoms with Crippen molar-refractivity contribution in [2.75, 3.05) is 32.7 Å². The lowest BCUT2D eigenvalue weighted by Crippen LogP contribution is -2.47. The average Bonchev–Trinajstić information content (AvgIpc) is 3.02. The molecule has 4 heteroatoms. The number of aliphatic hydroxyl groups excluding tert-OH is 1. The third kappa shape index (κ3) is 3.98. The van der Waals surface area contributed by atoms with Gasteiger partial charge in [-0.1, -0.05) is 23.7 Å². The molecule has 1 aromatic carbocycles. The number of nitrogens with zero attached hydrogens (tertiary/aromatic N) is 2. The van der Waals surface area contributed by atoms with Crippen molar-refractivity contribution in [2.24, 2.45) is 0 Å². The average molecular weight is 309 g/mol. The van der Waals surface area contributed by atoms with Crippen LogP contribution >= 0.6 is 11.6 Å². The smallest absolute Gasteiger partial charge is 0.0916 e. The van der Waals surface area contributed by atoms with E-state index in [0.29, 0.717) is 6.04 Å². The molecule has 1 aromatic rings. The van der Waals surface area contributed by atoms with Gasteiger partial charge < -0.3 is 5.11 Å². The third-order valence-corrected chi connectivity index (χ3v) is 5.08. The van der Waals surface area contributed by atoms with Crippen molar-refractivity contribution >= 4 is 11.6 Å². The second kappa shape index (κ2) is 7.10. The molecule has 116 valence electrons. The maximum absolute atomic E-state index is 10.4. The van der Waals surface area contributed by atoms with Gasteiger partial charge in [0.2, 0.25) is 0 Å². The lowest BCUT2D eigenvalue weighted by Gasteiger charge is -2.38. The highest BCUT2D eigenvalue weighted by molar-refractivity contribution is 6.30. The highest BCUT2D eigenvalue weighted by Crippen LogP contribution is 2.23. The number of halogens is 1. The Bertz CT molecular complexity index is 445. The van der Waals surface area contributed by atoms with Crippen molar-refractivity contribution in [1.29, 1.82) is 0 Å². The Kier molecular flexibility index (Phi) is 5.17. The molecule has 2 aliphatic rings. The highest BCUT2D eigenvalue weighted by Gasteiger charge is 2.27. The summed E-state index contributed by atoms with van der Waals surface area (Å²) >= 11 is 5.90. The molecule has 0 aliphatic carbocycles. The molecule has 2 unspecified atom stereocenters. The minimum absolute atomic E-state index is 0.417. The number of hydrogen-bond donors (Lipinski definition) is 1. The molecule has 0 aromatic heterocycles. The summed E-state index contributed by atoms with van der Waals surface area (Å²) in [7, 11) is 0. The predicted molar refractivity (Wildman–Crippen MR) is 86.7 cm³/mol. The second-order valence-corrected chi connectivity index (χ2v) is 6.80. The topological polar surface area (TPSA) is 26.7 Å². The lowest BCUT2D eigenvalue weighted by atomic mass is 10.0. The molecule has 0 spiro atoms. The minimum atomic E-state index is -0.417. The van der Waals surface area contributed by atoms with Crippen LogP contribution in [-0.4, -0.2) is 53.7 Å². The van der Waals surface area contributed by atoms with Crippen LogP contribution < -0.4 is 0 Å². The highest BCUT2D eigenvalue weighted by atomic mass is 35.5. The number of benzene rings is 1. The summed E-state index contributed by atoms with van der Waals surface area (Å²) in [6, 6.07) is 8.25. The Morgan fingerprint density at radius 2 is 1.81 bits per heavy atom. The molecule has 2 atom stereocenters. The van der Waals surface area contributed by atoms with E-state index in [-0.39, 0.29) is 0 Å². The lowest BCUT2D eigenvalue weighted by molar-refractivity contribution is 0.0651. The van der Waals surface area contributed by atoms with Crippen LogP contribution in [0, 0.1) is 0 Å². The fourth-order valence-electron chi connectivity index (χ4n) is 3.64. The van der Waals surface area contributed by atoms with Gasteiger partial charge in [-0.25, -0.2) is 0 Å². The van der Waals surface area contributed by atoms with Crippen LogP contribution in [0.15, 0.2) is 24.3 Å². The zero-order valence-electron chi connectivity index (χ0n) is 12.5. The number of hydrogen-bond acceptors (Lipinski definition) is 3. The SMILES string of the molecule is OC(CN1CCCC(N2CCCC2)C1)c1ccc(Cl)cc1. The van der Waals surface area contributed by atoms with Gasteiger partial charge in [-0.2, -0.15) is 0 Å². The molecular weight excluding hydrogens is 284 g/mol. The molecule has 2 fully saturated rings. The molecular formula is C17H25ClN2O. The normalized spacial score (nSPS) is 26.1. The fourth-order valence-corrected chi connectivity index (χ4v) is 3.76. The molecule has 2 saturated heterocycles. The van der Waals surface area contributed by atoms with Crippen LogP contribution in [0.25, 0.3) is 0 Å². The van der Waals surface area contributed by atoms with Crippen molar-refractivity contribution in [3.8, 4) is 0 Å². The van der Waals surface area contributed by atoms with Crippen molar-refractivity contribution < 1.29 is 5.11 Å². The molecule has 1 N–H and O–H groups in total. The molecule has 3 nitrogen and oxygen atoms in total. The molecule has 3 rings (SSSR count). The van der Waals surface area contributed by atoms with Gasteiger partial charge >= 0.3 is 0 Å². The van der Waals surface area contributed by atoms with Gasteiger partial charge in [0.25, 0.3) is 0 Å². The molecule has 0 bridgehead atoms. The second-order valence-electron chi connectivity index (χ2n) is 6.37. The Labute approximate surface area is 132 Å². The number of β-amino-alcohol motifs (C(OH)–C–C–N with tert-alkyl or cyclic N) is 1. The first-order valence-corrected chi connectivity index (χ1v) is 8.50. The van der Waals surface area contributed by atoms with Gasteiger partial charge in [0.15, 0.2) is 0 Å². The molecule has 2 heterocycles. The molecule has 0 radical (unpaired) electrons. The van der Waals surface area contributed by atoms with E-state index in [1.165, 1.54) is 38.8 Å². The Morgan fingerprint density at radius 1 is 1.10 bits per heavy atom. The Balaban J connectivity index is 1.55. The standard InChI is InChI=1S/C17H25ClN2O/c18-15-7-5-14(6-8-15)17(21)13-19-9-3-4-16(12-19)20-10-1-2-11-20/h5-8,16-17,21H,1-4,9-13H2. The molecule has 2 aliphatic heterocycles. The van der Waals surface area contributed by atoms with Gasteiger partial charge in [-0.3, -0.25) is 9.80 Å². The largest absolute Gasteiger partial charge is 0.387 e. The Morgan fingerprint density at radius 3 is 2.52 bits per heavy atom. The first kappa shape index (κ1) is 15.3. The van der Waals surface area contributed by atoms with Crippen molar-refractivity contribution in [3.05, 3.63) is 34.9 Å². The van der Waals surface area contributed by atoms with Crippen molar-refractivity contribution in [1.82, 2.24) is 9.80 Å². The summed E-state index contributed by atoms with van der Waals surface area (Å²) in [5.41, 5.74) is 0.961. The van der Waals surface area contributed by atoms with Crippen molar-refractivity contribution in [2.45, 2.75) is 37.8 Å². The number of likely N-dealkylation sites (tertiary alicyclic amines) is 2. The predicted octanol–water partition coefficient (Wildman–Crippen LogP) is 2.93. The van der Waals surface area contributed by atoms with Crippen LogP contribution in [0.5, 0.6) is 0 Å². The molecule has 0 amide bonds. The van der Waals surface area contributed by atoms with E-state index in [0.717, 1.165) is 30.2 Å². The fraction of sp³-hybridized carbons (Fsp3) is 0.647. The van der Waals surface area contributed by atoms with Gasteiger partial charge in [0, 0.05) is 24.2 Å². The molecule has 0 saturated carbocycles. The Hall–Kier alpha value is -0.610. The van der Waals surface area contributed by atoms with E-state index in [9.17, 15) is 5.11 Å². The third-order valence-electron chi connectivity index (χ3n) is 4.82. The summed E-state index contributed by atoms with van der Waals surface area (Å²) in [6.45, 7) is 5.46. The molecule has 21 heavy (non-hydrogen) atoms. The van der Waals surface area contributed by atoms with E-state index >= 15 is 0 Å². The number of aliphatic hydroxyl groups is 1. The van der Waals surface area contributed by atoms with Gasteiger partial charge in [-0.15, -0.1) is 0 Å². The summed E-state index contributed by atoms with van der Waals surface area (Å²) in [4.78, 5) is 5.06. The summed E-state index contributed by atoms with van der Waals surface area (Å²) < 4.78 is 0. The number of rotatable bonds is 4. The zero-order chi connectivity index (χ0) is 14.7. The summed E-state index contributed by atoms with van der Waals surface area (Å²) in [5.74, 6) is 0. The van der Waals surface area contributed by atoms with Crippen LogP contribution in [0.4, 0.5) is 0 Å². The van der Waals surface area contributed by atoms with Gasteiger partial charge in [-0.05, 0) is 63.0 Å². The first-order valence-electron chi connectivity index (χ1n) is 8.12. The minimum Gasteiger partial charge on any atom is -0.387 e. The maximum Gasteiger partial charge on any atom is 0.0916 e. The van der Waals surface area contributed by atoms with Crippen LogP contribution in [-0.2, 0) is 0 Å².